The Morgan fingerprint density at radius 3 is 2.31 bits per heavy atom. The van der Waals surface area contributed by atoms with Crippen molar-refractivity contribution in [2.24, 2.45) is 0 Å². The van der Waals surface area contributed by atoms with Gasteiger partial charge in [-0.05, 0) is 41.3 Å². The van der Waals surface area contributed by atoms with Crippen LogP contribution in [-0.4, -0.2) is 23.2 Å². The Labute approximate surface area is 171 Å². The number of anilines is 2. The van der Waals surface area contributed by atoms with Crippen molar-refractivity contribution < 1.29 is 9.53 Å². The lowest BCUT2D eigenvalue weighted by atomic mass is 9.87. The topological polar surface area (TPSA) is 76.1 Å². The van der Waals surface area contributed by atoms with E-state index in [0.29, 0.717) is 12.4 Å². The smallest absolute Gasteiger partial charge is 0.272 e. The predicted octanol–water partition coefficient (Wildman–Crippen LogP) is 4.46. The minimum Gasteiger partial charge on any atom is -0.496 e. The molecule has 3 aromatic rings. The molecule has 0 aliphatic heterocycles. The molecule has 150 valence electrons. The molecule has 0 unspecified atom stereocenters. The number of aromatic nitrogens is 2. The number of amides is 1. The van der Waals surface area contributed by atoms with Gasteiger partial charge >= 0.3 is 0 Å². The maximum Gasteiger partial charge on any atom is 0.272 e. The maximum absolute atomic E-state index is 12.3. The molecule has 29 heavy (non-hydrogen) atoms. The molecule has 0 spiro atoms. The van der Waals surface area contributed by atoms with Gasteiger partial charge in [0.05, 0.1) is 7.11 Å². The van der Waals surface area contributed by atoms with Gasteiger partial charge in [-0.1, -0.05) is 51.1 Å². The summed E-state index contributed by atoms with van der Waals surface area (Å²) in [6, 6.07) is 19.1. The molecular weight excluding hydrogens is 364 g/mol. The summed E-state index contributed by atoms with van der Waals surface area (Å²) in [7, 11) is 1.61. The normalized spacial score (nSPS) is 11.0. The molecule has 0 bridgehead atoms. The van der Waals surface area contributed by atoms with Gasteiger partial charge in [0.1, 0.15) is 5.75 Å². The average molecular weight is 390 g/mol. The van der Waals surface area contributed by atoms with Crippen molar-refractivity contribution in [2.45, 2.75) is 32.7 Å². The monoisotopic (exact) mass is 390 g/mol. The molecule has 0 atom stereocenters. The van der Waals surface area contributed by atoms with E-state index in [0.717, 1.165) is 17.0 Å². The van der Waals surface area contributed by atoms with E-state index in [1.54, 1.807) is 19.2 Å². The van der Waals surface area contributed by atoms with E-state index in [1.807, 2.05) is 36.4 Å². The number of rotatable bonds is 6. The van der Waals surface area contributed by atoms with Crippen molar-refractivity contribution in [1.29, 1.82) is 0 Å². The predicted molar refractivity (Wildman–Crippen MR) is 115 cm³/mol. The molecule has 0 fully saturated rings. The van der Waals surface area contributed by atoms with Crippen LogP contribution in [0, 0.1) is 0 Å². The van der Waals surface area contributed by atoms with E-state index < -0.39 is 0 Å². The van der Waals surface area contributed by atoms with Gasteiger partial charge in [0.25, 0.3) is 5.91 Å². The molecule has 3 rings (SSSR count). The van der Waals surface area contributed by atoms with Crippen molar-refractivity contribution in [2.75, 3.05) is 12.4 Å². The van der Waals surface area contributed by atoms with Gasteiger partial charge in [-0.15, -0.1) is 10.2 Å². The number of carbonyl (C=O) groups is 1. The number of methoxy groups -OCH3 is 1. The quantitative estimate of drug-likeness (QED) is 0.650. The van der Waals surface area contributed by atoms with Gasteiger partial charge in [0, 0.05) is 17.8 Å². The van der Waals surface area contributed by atoms with Crippen LogP contribution in [0.4, 0.5) is 11.5 Å². The first-order valence-corrected chi connectivity index (χ1v) is 9.48. The van der Waals surface area contributed by atoms with Crippen LogP contribution in [0.1, 0.15) is 42.4 Å². The van der Waals surface area contributed by atoms with Gasteiger partial charge in [-0.3, -0.25) is 4.79 Å². The van der Waals surface area contributed by atoms with Gasteiger partial charge in [0.2, 0.25) is 0 Å². The van der Waals surface area contributed by atoms with Crippen LogP contribution >= 0.6 is 0 Å². The Kier molecular flexibility index (Phi) is 6.12. The van der Waals surface area contributed by atoms with E-state index >= 15 is 0 Å². The molecule has 0 aliphatic carbocycles. The highest BCUT2D eigenvalue weighted by molar-refractivity contribution is 5.92. The zero-order valence-electron chi connectivity index (χ0n) is 17.2. The number of ether oxygens (including phenoxy) is 1. The van der Waals surface area contributed by atoms with Crippen molar-refractivity contribution in [3.63, 3.8) is 0 Å². The molecule has 6 heteroatoms. The summed E-state index contributed by atoms with van der Waals surface area (Å²) >= 11 is 0. The first kappa shape index (κ1) is 20.3. The van der Waals surface area contributed by atoms with Crippen molar-refractivity contribution >= 4 is 17.4 Å². The molecule has 6 nitrogen and oxygen atoms in total. The number of para-hydroxylation sites is 1. The summed E-state index contributed by atoms with van der Waals surface area (Å²) in [6.45, 7) is 6.89. The molecule has 1 amide bonds. The largest absolute Gasteiger partial charge is 0.496 e. The van der Waals surface area contributed by atoms with Gasteiger partial charge in [-0.25, -0.2) is 0 Å². The average Bonchev–Trinajstić information content (AvgIpc) is 2.72. The lowest BCUT2D eigenvalue weighted by Crippen LogP contribution is -2.24. The fourth-order valence-electron chi connectivity index (χ4n) is 2.84. The summed E-state index contributed by atoms with van der Waals surface area (Å²) in [4.78, 5) is 12.3. The third-order valence-corrected chi connectivity index (χ3v) is 4.55. The highest BCUT2D eigenvalue weighted by Gasteiger charge is 2.13. The zero-order valence-corrected chi connectivity index (χ0v) is 17.2. The van der Waals surface area contributed by atoms with Crippen molar-refractivity contribution in [3.8, 4) is 5.75 Å². The van der Waals surface area contributed by atoms with Gasteiger partial charge < -0.3 is 15.4 Å². The van der Waals surface area contributed by atoms with Crippen molar-refractivity contribution in [1.82, 2.24) is 15.5 Å². The van der Waals surface area contributed by atoms with Crippen LogP contribution in [0.15, 0.2) is 60.7 Å². The molecule has 1 aromatic heterocycles. The van der Waals surface area contributed by atoms with E-state index in [2.05, 4.69) is 53.7 Å². The van der Waals surface area contributed by atoms with E-state index in [9.17, 15) is 4.79 Å². The van der Waals surface area contributed by atoms with Crippen LogP contribution in [0.5, 0.6) is 5.75 Å². The number of nitrogens with one attached hydrogen (secondary N) is 2. The molecule has 0 saturated heterocycles. The van der Waals surface area contributed by atoms with Crippen molar-refractivity contribution in [3.05, 3.63) is 77.5 Å². The molecule has 2 N–H and O–H groups in total. The summed E-state index contributed by atoms with van der Waals surface area (Å²) in [6.07, 6.45) is 0. The van der Waals surface area contributed by atoms with E-state index in [-0.39, 0.29) is 17.0 Å². The van der Waals surface area contributed by atoms with E-state index in [1.165, 1.54) is 5.56 Å². The fraction of sp³-hybridized carbons (Fsp3) is 0.261. The summed E-state index contributed by atoms with van der Waals surface area (Å²) in [5.74, 6) is 1.02. The molecule has 0 saturated carbocycles. The SMILES string of the molecule is COc1ccccc1CNC(=O)c1ccc(Nc2ccc(C(C)(C)C)cc2)nn1. The number of hydrogen-bond donors (Lipinski definition) is 2. The lowest BCUT2D eigenvalue weighted by Gasteiger charge is -2.19. The Morgan fingerprint density at radius 2 is 1.69 bits per heavy atom. The third kappa shape index (κ3) is 5.31. The Balaban J connectivity index is 1.60. The number of carbonyl (C=O) groups excluding carboxylic acids is 1. The fourth-order valence-corrected chi connectivity index (χ4v) is 2.84. The number of benzene rings is 2. The first-order chi connectivity index (χ1) is 13.9. The second kappa shape index (κ2) is 8.73. The summed E-state index contributed by atoms with van der Waals surface area (Å²) in [5.41, 5.74) is 3.44. The maximum atomic E-state index is 12.3. The molecule has 2 aromatic carbocycles. The summed E-state index contributed by atoms with van der Waals surface area (Å²) in [5, 5.41) is 14.2. The minimum atomic E-state index is -0.288. The zero-order chi connectivity index (χ0) is 20.9. The molecular formula is C23H26N4O2. The third-order valence-electron chi connectivity index (χ3n) is 4.55. The van der Waals surface area contributed by atoms with Crippen LogP contribution in [-0.2, 0) is 12.0 Å². The minimum absolute atomic E-state index is 0.108. The highest BCUT2D eigenvalue weighted by Crippen LogP contribution is 2.24. The molecule has 0 radical (unpaired) electrons. The lowest BCUT2D eigenvalue weighted by molar-refractivity contribution is 0.0944. The van der Waals surface area contributed by atoms with Gasteiger partial charge in [-0.2, -0.15) is 0 Å². The second-order valence-corrected chi connectivity index (χ2v) is 7.75. The first-order valence-electron chi connectivity index (χ1n) is 9.48. The number of nitrogens with zero attached hydrogens (tertiary/aromatic N) is 2. The van der Waals surface area contributed by atoms with Crippen LogP contribution in [0.3, 0.4) is 0 Å². The standard InChI is InChI=1S/C23H26N4O2/c1-23(2,3)17-9-11-18(12-10-17)25-21-14-13-19(26-27-21)22(28)24-15-16-7-5-6-8-20(16)29-4/h5-14H,15H2,1-4H3,(H,24,28)(H,25,27). The van der Waals surface area contributed by atoms with Crippen LogP contribution in [0.2, 0.25) is 0 Å². The highest BCUT2D eigenvalue weighted by atomic mass is 16.5. The molecule has 1 heterocycles. The Morgan fingerprint density at radius 1 is 0.966 bits per heavy atom. The second-order valence-electron chi connectivity index (χ2n) is 7.75. The Hall–Kier alpha value is -3.41. The van der Waals surface area contributed by atoms with E-state index in [4.69, 9.17) is 4.74 Å². The van der Waals surface area contributed by atoms with Gasteiger partial charge in [0.15, 0.2) is 11.5 Å². The molecule has 0 aliphatic rings. The number of hydrogen-bond acceptors (Lipinski definition) is 5. The van der Waals surface area contributed by atoms with Crippen LogP contribution < -0.4 is 15.4 Å². The summed E-state index contributed by atoms with van der Waals surface area (Å²) < 4.78 is 5.29. The van der Waals surface area contributed by atoms with Crippen LogP contribution in [0.25, 0.3) is 0 Å². The Bertz CT molecular complexity index is 961.